The molecule has 0 spiro atoms. The molecule has 0 aromatic carbocycles. The van der Waals surface area contributed by atoms with Crippen LogP contribution in [0.15, 0.2) is 10.6 Å². The first-order valence-corrected chi connectivity index (χ1v) is 4.33. The number of aryl methyl sites for hydroxylation is 1. The largest absolute Gasteiger partial charge is 0.389 e. The van der Waals surface area contributed by atoms with E-state index in [0.717, 1.165) is 11.5 Å². The first kappa shape index (κ1) is 10.2. The van der Waals surface area contributed by atoms with Crippen LogP contribution >= 0.6 is 0 Å². The summed E-state index contributed by atoms with van der Waals surface area (Å²) in [4.78, 5) is 0. The number of rotatable bonds is 4. The quantitative estimate of drug-likeness (QED) is 0.728. The Kier molecular flexibility index (Phi) is 3.06. The average molecular weight is 184 g/mol. The molecule has 4 heteroatoms. The zero-order chi connectivity index (χ0) is 9.90. The molecule has 0 bridgehead atoms. The molecule has 74 valence electrons. The molecule has 0 saturated carbocycles. The maximum Gasteiger partial charge on any atom is 0.133 e. The molecular formula is C9H16N2O2. The zero-order valence-corrected chi connectivity index (χ0v) is 8.29. The number of nitrogens with one attached hydrogen (secondary N) is 1. The van der Waals surface area contributed by atoms with E-state index in [4.69, 9.17) is 4.52 Å². The highest BCUT2D eigenvalue weighted by molar-refractivity contribution is 5.02. The topological polar surface area (TPSA) is 58.3 Å². The minimum atomic E-state index is -0.682. The second kappa shape index (κ2) is 3.89. The van der Waals surface area contributed by atoms with Crippen molar-refractivity contribution in [3.63, 3.8) is 0 Å². The average Bonchev–Trinajstić information content (AvgIpc) is 2.33. The van der Waals surface area contributed by atoms with E-state index in [1.54, 1.807) is 13.8 Å². The van der Waals surface area contributed by atoms with E-state index >= 15 is 0 Å². The number of nitrogens with zero attached hydrogens (tertiary/aromatic N) is 1. The van der Waals surface area contributed by atoms with Gasteiger partial charge in [0.15, 0.2) is 0 Å². The second-order valence-electron chi connectivity index (χ2n) is 3.84. The molecule has 0 unspecified atom stereocenters. The van der Waals surface area contributed by atoms with Gasteiger partial charge in [0.2, 0.25) is 0 Å². The smallest absolute Gasteiger partial charge is 0.133 e. The van der Waals surface area contributed by atoms with E-state index in [0.29, 0.717) is 13.1 Å². The minimum Gasteiger partial charge on any atom is -0.389 e. The van der Waals surface area contributed by atoms with Crippen molar-refractivity contribution < 1.29 is 9.63 Å². The highest BCUT2D eigenvalue weighted by Gasteiger charge is 2.11. The number of hydrogen-bond acceptors (Lipinski definition) is 4. The van der Waals surface area contributed by atoms with Gasteiger partial charge in [0.25, 0.3) is 0 Å². The lowest BCUT2D eigenvalue weighted by Gasteiger charge is -2.16. The maximum absolute atomic E-state index is 9.39. The van der Waals surface area contributed by atoms with Crippen LogP contribution in [0.5, 0.6) is 0 Å². The zero-order valence-electron chi connectivity index (χ0n) is 8.29. The first-order valence-electron chi connectivity index (χ1n) is 4.33. The van der Waals surface area contributed by atoms with E-state index in [2.05, 4.69) is 10.5 Å². The number of hydrogen-bond donors (Lipinski definition) is 2. The third-order valence-electron chi connectivity index (χ3n) is 1.54. The maximum atomic E-state index is 9.39. The number of aliphatic hydroxyl groups is 1. The summed E-state index contributed by atoms with van der Waals surface area (Å²) in [6.07, 6.45) is 0. The molecule has 0 saturated heterocycles. The Morgan fingerprint density at radius 2 is 2.31 bits per heavy atom. The van der Waals surface area contributed by atoms with Crippen LogP contribution in [-0.4, -0.2) is 22.4 Å². The highest BCUT2D eigenvalue weighted by Crippen LogP contribution is 2.02. The predicted octanol–water partition coefficient (Wildman–Crippen LogP) is 0.844. The predicted molar refractivity (Wildman–Crippen MR) is 49.2 cm³/mol. The molecule has 0 aliphatic rings. The summed E-state index contributed by atoms with van der Waals surface area (Å²) >= 11 is 0. The molecule has 2 N–H and O–H groups in total. The Morgan fingerprint density at radius 3 is 2.77 bits per heavy atom. The minimum absolute atomic E-state index is 0.541. The fourth-order valence-corrected chi connectivity index (χ4v) is 0.998. The normalized spacial score (nSPS) is 12.0. The Morgan fingerprint density at radius 1 is 1.62 bits per heavy atom. The molecule has 0 aliphatic heterocycles. The monoisotopic (exact) mass is 184 g/mol. The van der Waals surface area contributed by atoms with Gasteiger partial charge in [-0.15, -0.1) is 0 Å². The molecule has 0 radical (unpaired) electrons. The number of aromatic nitrogens is 1. The van der Waals surface area contributed by atoms with Crippen molar-refractivity contribution in [2.45, 2.75) is 32.9 Å². The van der Waals surface area contributed by atoms with Gasteiger partial charge in [-0.25, -0.2) is 0 Å². The summed E-state index contributed by atoms with van der Waals surface area (Å²) in [5, 5.41) is 16.3. The van der Waals surface area contributed by atoms with Crippen molar-refractivity contribution in [3.8, 4) is 0 Å². The molecule has 0 amide bonds. The van der Waals surface area contributed by atoms with Crippen molar-refractivity contribution in [2.75, 3.05) is 6.54 Å². The van der Waals surface area contributed by atoms with Crippen molar-refractivity contribution in [1.82, 2.24) is 10.5 Å². The van der Waals surface area contributed by atoms with Gasteiger partial charge < -0.3 is 14.9 Å². The molecule has 0 atom stereocenters. The first-order chi connectivity index (χ1) is 5.97. The van der Waals surface area contributed by atoms with Gasteiger partial charge in [0.1, 0.15) is 5.76 Å². The third kappa shape index (κ3) is 4.05. The van der Waals surface area contributed by atoms with Crippen molar-refractivity contribution in [2.24, 2.45) is 0 Å². The SMILES string of the molecule is Cc1cc(CNCC(C)(C)O)no1. The van der Waals surface area contributed by atoms with Crippen LogP contribution in [0, 0.1) is 6.92 Å². The molecule has 0 aliphatic carbocycles. The lowest BCUT2D eigenvalue weighted by molar-refractivity contribution is 0.0793. The van der Waals surface area contributed by atoms with Gasteiger partial charge in [-0.1, -0.05) is 5.16 Å². The van der Waals surface area contributed by atoms with Crippen LogP contribution in [0.1, 0.15) is 25.3 Å². The van der Waals surface area contributed by atoms with Crippen LogP contribution < -0.4 is 5.32 Å². The van der Waals surface area contributed by atoms with Gasteiger partial charge in [-0.3, -0.25) is 0 Å². The summed E-state index contributed by atoms with van der Waals surface area (Å²) < 4.78 is 4.89. The van der Waals surface area contributed by atoms with Gasteiger partial charge in [-0.05, 0) is 20.8 Å². The standard InChI is InChI=1S/C9H16N2O2/c1-7-4-8(11-13-7)5-10-6-9(2,3)12/h4,10,12H,5-6H2,1-3H3. The molecular weight excluding hydrogens is 168 g/mol. The van der Waals surface area contributed by atoms with Gasteiger partial charge in [0, 0.05) is 19.2 Å². The summed E-state index contributed by atoms with van der Waals surface area (Å²) in [6, 6.07) is 1.87. The third-order valence-corrected chi connectivity index (χ3v) is 1.54. The van der Waals surface area contributed by atoms with Crippen molar-refractivity contribution >= 4 is 0 Å². The Bertz CT molecular complexity index is 263. The lowest BCUT2D eigenvalue weighted by atomic mass is 10.1. The fraction of sp³-hybridized carbons (Fsp3) is 0.667. The second-order valence-corrected chi connectivity index (χ2v) is 3.84. The van der Waals surface area contributed by atoms with Crippen molar-refractivity contribution in [1.29, 1.82) is 0 Å². The highest BCUT2D eigenvalue weighted by atomic mass is 16.5. The van der Waals surface area contributed by atoms with Crippen LogP contribution in [0.2, 0.25) is 0 Å². The molecule has 1 heterocycles. The molecule has 1 aromatic heterocycles. The summed E-state index contributed by atoms with van der Waals surface area (Å²) in [5.74, 6) is 0.806. The van der Waals surface area contributed by atoms with E-state index < -0.39 is 5.60 Å². The molecule has 4 nitrogen and oxygen atoms in total. The summed E-state index contributed by atoms with van der Waals surface area (Å²) in [5.41, 5.74) is 0.181. The Hall–Kier alpha value is -0.870. The van der Waals surface area contributed by atoms with E-state index in [-0.39, 0.29) is 0 Å². The van der Waals surface area contributed by atoms with Crippen LogP contribution in [0.4, 0.5) is 0 Å². The molecule has 1 aromatic rings. The molecule has 1 rings (SSSR count). The van der Waals surface area contributed by atoms with Crippen LogP contribution in [0.25, 0.3) is 0 Å². The van der Waals surface area contributed by atoms with Crippen LogP contribution in [-0.2, 0) is 6.54 Å². The Labute approximate surface area is 77.9 Å². The van der Waals surface area contributed by atoms with E-state index in [1.165, 1.54) is 0 Å². The van der Waals surface area contributed by atoms with E-state index in [9.17, 15) is 5.11 Å². The van der Waals surface area contributed by atoms with Crippen molar-refractivity contribution in [3.05, 3.63) is 17.5 Å². The van der Waals surface area contributed by atoms with Gasteiger partial charge in [0.05, 0.1) is 11.3 Å². The summed E-state index contributed by atoms with van der Waals surface area (Å²) in [7, 11) is 0. The Balaban J connectivity index is 2.28. The van der Waals surface area contributed by atoms with E-state index in [1.807, 2.05) is 13.0 Å². The summed E-state index contributed by atoms with van der Waals surface area (Å²) in [6.45, 7) is 6.54. The van der Waals surface area contributed by atoms with Crippen LogP contribution in [0.3, 0.4) is 0 Å². The van der Waals surface area contributed by atoms with Gasteiger partial charge >= 0.3 is 0 Å². The lowest BCUT2D eigenvalue weighted by Crippen LogP contribution is -2.34. The molecule has 13 heavy (non-hydrogen) atoms. The molecule has 0 fully saturated rings. The van der Waals surface area contributed by atoms with Gasteiger partial charge in [-0.2, -0.15) is 0 Å². The fourth-order valence-electron chi connectivity index (χ4n) is 0.998.